The van der Waals surface area contributed by atoms with Crippen LogP contribution in [0.15, 0.2) is 267 Å². The average Bonchev–Trinajstić information content (AvgIpc) is 0.911. The van der Waals surface area contributed by atoms with Gasteiger partial charge in [0.15, 0.2) is 0 Å². The van der Waals surface area contributed by atoms with Crippen LogP contribution >= 0.6 is 63.1 Å². The van der Waals surface area contributed by atoms with Gasteiger partial charge >= 0.3 is 0 Å². The minimum atomic E-state index is 0. The Kier molecular flexibility index (Phi) is 55.2. The van der Waals surface area contributed by atoms with Crippen molar-refractivity contribution in [1.82, 2.24) is 0 Å². The molecule has 0 saturated carbocycles. The summed E-state index contributed by atoms with van der Waals surface area (Å²) in [5, 5.41) is 0. The zero-order chi connectivity index (χ0) is 74.6. The summed E-state index contributed by atoms with van der Waals surface area (Å²) >= 11 is 25.3. The third-order valence-corrected chi connectivity index (χ3v) is 18.8. The number of rotatable bonds is 25. The molecule has 0 amide bonds. The van der Waals surface area contributed by atoms with E-state index in [9.17, 15) is 0 Å². The van der Waals surface area contributed by atoms with E-state index in [0.717, 1.165) is 80.1 Å². The Morgan fingerprint density at radius 1 is 0.155 bits per heavy atom. The van der Waals surface area contributed by atoms with Gasteiger partial charge in [-0.1, -0.05) is 314 Å². The number of hydrogen-bond donors (Lipinski definition) is 0. The molecule has 575 valence electrons. The first-order valence-corrected chi connectivity index (χ1v) is 40.3. The summed E-state index contributed by atoms with van der Waals surface area (Å²) in [4.78, 5) is 4.27. The molecule has 0 atom stereocenters. The summed E-state index contributed by atoms with van der Waals surface area (Å²) in [7, 11) is 0. The molecule has 10 aromatic rings. The topological polar surface area (TPSA) is 0 Å². The van der Waals surface area contributed by atoms with E-state index in [4.69, 9.17) is 63.1 Å². The minimum absolute atomic E-state index is 0. The normalized spacial score (nSPS) is 9.50. The zero-order valence-corrected chi connectivity index (χ0v) is 68.9. The van der Waals surface area contributed by atoms with Gasteiger partial charge in [0, 0.05) is 80.1 Å². The molecule has 10 rings (SSSR count). The fourth-order valence-corrected chi connectivity index (χ4v) is 11.6. The molecule has 5 radical (unpaired) electrons. The van der Waals surface area contributed by atoms with Crippen molar-refractivity contribution < 1.29 is 23.5 Å². The van der Waals surface area contributed by atoms with Gasteiger partial charge in [-0.3, -0.25) is 23.5 Å². The highest BCUT2D eigenvalue weighted by molar-refractivity contribution is 7.81. The Morgan fingerprint density at radius 3 is 0.373 bits per heavy atom. The van der Waals surface area contributed by atoms with E-state index >= 15 is 0 Å². The molecule has 0 bridgehead atoms. The van der Waals surface area contributed by atoms with E-state index in [1.807, 2.05) is 121 Å². The molecule has 0 aromatic heterocycles. The van der Waals surface area contributed by atoms with Gasteiger partial charge in [-0.25, -0.2) is 0 Å². The Bertz CT molecular complexity index is 3680. The molecule has 0 heterocycles. The molecule has 0 N–H and O–H groups in total. The van der Waals surface area contributed by atoms with E-state index in [1.165, 1.54) is 188 Å². The molecule has 10 aromatic carbocycles. The van der Waals surface area contributed by atoms with Crippen LogP contribution in [0.1, 0.15) is 246 Å². The van der Waals surface area contributed by atoms with Crippen molar-refractivity contribution in [1.29, 1.82) is 0 Å². The molecule has 110 heavy (non-hydrogen) atoms. The average molecular weight is 1570 g/mol. The van der Waals surface area contributed by atoms with Crippen molar-refractivity contribution in [2.24, 2.45) is 0 Å². The van der Waals surface area contributed by atoms with Gasteiger partial charge in [-0.15, -0.1) is 0 Å². The molecule has 0 aliphatic carbocycles. The third-order valence-electron chi connectivity index (χ3n) is 17.4. The molecule has 0 aliphatic heterocycles. The van der Waals surface area contributed by atoms with Crippen molar-refractivity contribution in [3.63, 3.8) is 0 Å². The van der Waals surface area contributed by atoms with Crippen molar-refractivity contribution in [3.05, 3.63) is 326 Å². The fraction of sp³-hybridized carbons (Fsp3) is 0.300. The molecular formula is C100H110F5S5. The van der Waals surface area contributed by atoms with Gasteiger partial charge in [0.05, 0.1) is 0 Å². The van der Waals surface area contributed by atoms with Gasteiger partial charge in [0.1, 0.15) is 0 Å². The van der Waals surface area contributed by atoms with Crippen LogP contribution in [0, 0.1) is 59.2 Å². The lowest BCUT2D eigenvalue weighted by Gasteiger charge is -2.01. The molecule has 10 heteroatoms. The van der Waals surface area contributed by atoms with Gasteiger partial charge in [-0.05, 0) is 274 Å². The lowest BCUT2D eigenvalue weighted by Crippen LogP contribution is -1.86. The maximum Gasteiger partial charge on any atom is 0.0377 e. The largest absolute Gasteiger partial charge is 0.269 e. The molecule has 0 nitrogen and oxygen atoms in total. The number of benzene rings is 10. The van der Waals surface area contributed by atoms with Gasteiger partial charge < -0.3 is 0 Å². The number of hydrogen-bond acceptors (Lipinski definition) is 0. The molecule has 0 spiro atoms. The molecule has 0 saturated heterocycles. The van der Waals surface area contributed by atoms with Crippen LogP contribution in [0.3, 0.4) is 0 Å². The van der Waals surface area contributed by atoms with Crippen LogP contribution in [0.4, 0.5) is 23.5 Å². The first-order valence-electron chi connectivity index (χ1n) is 38.3. The van der Waals surface area contributed by atoms with E-state index < -0.39 is 0 Å². The predicted octanol–water partition coefficient (Wildman–Crippen LogP) is 29.6. The lowest BCUT2D eigenvalue weighted by atomic mass is 10.0. The van der Waals surface area contributed by atoms with Gasteiger partial charge in [-0.2, -0.15) is 0 Å². The highest BCUT2D eigenvalue weighted by Gasteiger charge is 2.01. The maximum absolute atomic E-state index is 5.07. The van der Waals surface area contributed by atoms with Gasteiger partial charge in [0.25, 0.3) is 0 Å². The molecular weight excluding hydrogens is 1460 g/mol. The Balaban J connectivity index is 0.000000680. The van der Waals surface area contributed by atoms with Crippen molar-refractivity contribution in [2.45, 2.75) is 220 Å². The standard InChI is InChI=1S/5C20H21S.5FH/c5*1-2-3-4-5-6-17-7-9-18(10-8-17)11-12-19-13-15-20(21)16-14-19;;;;;/h5*7-10,13-16H,2-6H2,1H3;5*1H. The van der Waals surface area contributed by atoms with Crippen molar-refractivity contribution >= 4 is 63.1 Å². The Hall–Kier alpha value is -9.25. The van der Waals surface area contributed by atoms with Crippen LogP contribution in [0.25, 0.3) is 0 Å². The highest BCUT2D eigenvalue weighted by Crippen LogP contribution is 2.18. The van der Waals surface area contributed by atoms with Crippen LogP contribution in [-0.4, -0.2) is 0 Å². The number of aryl methyl sites for hydroxylation is 5. The van der Waals surface area contributed by atoms with Crippen LogP contribution < -0.4 is 0 Å². The molecule has 0 aliphatic rings. The van der Waals surface area contributed by atoms with Gasteiger partial charge in [0.2, 0.25) is 0 Å². The first-order chi connectivity index (χ1) is 51.4. The summed E-state index contributed by atoms with van der Waals surface area (Å²) in [6, 6.07) is 82.0. The Morgan fingerprint density at radius 2 is 0.264 bits per heavy atom. The van der Waals surface area contributed by atoms with E-state index in [2.05, 4.69) is 215 Å². The summed E-state index contributed by atoms with van der Waals surface area (Å²) < 4.78 is 0. The fourth-order valence-electron chi connectivity index (χ4n) is 11.0. The SMILES string of the molecule is CCCCCCc1ccc(C#Cc2ccc([S])cc2)cc1.CCCCCCc1ccc(C#Cc2ccc([S])cc2)cc1.CCCCCCc1ccc(C#Cc2ccc([S])cc2)cc1.CCCCCCc1ccc(C#Cc2ccc([S])cc2)cc1.CCCCCCc1ccc(C#Cc2ccc([S])cc2)cc1.F.F.F.F.F. The smallest absolute Gasteiger partial charge is 0.0377 e. The number of halogens is 5. The minimum Gasteiger partial charge on any atom is -0.269 e. The number of unbranched alkanes of at least 4 members (excludes halogenated alkanes) is 15. The summed E-state index contributed by atoms with van der Waals surface area (Å²) in [5.74, 6) is 31.9. The second-order valence-corrected chi connectivity index (χ2v) is 28.8. The van der Waals surface area contributed by atoms with Crippen LogP contribution in [0.2, 0.25) is 0 Å². The second-order valence-electron chi connectivity index (χ2n) is 26.4. The monoisotopic (exact) mass is 1570 g/mol. The molecule has 0 fully saturated rings. The summed E-state index contributed by atoms with van der Waals surface area (Å²) in [6.07, 6.45) is 32.1. The van der Waals surface area contributed by atoms with E-state index in [-0.39, 0.29) is 23.5 Å². The maximum atomic E-state index is 5.07. The quantitative estimate of drug-likeness (QED) is 0.0304. The highest BCUT2D eigenvalue weighted by atomic mass is 32.1. The van der Waals surface area contributed by atoms with Crippen molar-refractivity contribution in [2.75, 3.05) is 0 Å². The Labute approximate surface area is 686 Å². The predicted molar refractivity (Wildman–Crippen MR) is 475 cm³/mol. The zero-order valence-electron chi connectivity index (χ0n) is 64.9. The van der Waals surface area contributed by atoms with Crippen LogP contribution in [0.5, 0.6) is 0 Å². The summed E-state index contributed by atoms with van der Waals surface area (Å²) in [5.41, 5.74) is 17.4. The first kappa shape index (κ1) is 98.8. The van der Waals surface area contributed by atoms with E-state index in [1.54, 1.807) is 0 Å². The van der Waals surface area contributed by atoms with Crippen molar-refractivity contribution in [3.8, 4) is 59.2 Å². The summed E-state index contributed by atoms with van der Waals surface area (Å²) in [6.45, 7) is 11.2. The second kappa shape index (κ2) is 61.5. The molecule has 0 unspecified atom stereocenters. The van der Waals surface area contributed by atoms with Crippen LogP contribution in [-0.2, 0) is 32.1 Å². The lowest BCUT2D eigenvalue weighted by molar-refractivity contribution is 0.667. The van der Waals surface area contributed by atoms with E-state index in [0.29, 0.717) is 0 Å². The third kappa shape index (κ3) is 44.4.